The molecule has 0 aliphatic heterocycles. The van der Waals surface area contributed by atoms with Crippen LogP contribution in [0, 0.1) is 0 Å². The molecule has 2 atom stereocenters. The molecule has 26 heavy (non-hydrogen) atoms. The van der Waals surface area contributed by atoms with E-state index in [-0.39, 0.29) is 36.4 Å². The summed E-state index contributed by atoms with van der Waals surface area (Å²) < 4.78 is 5.18. The molecule has 0 aromatic rings. The van der Waals surface area contributed by atoms with Gasteiger partial charge in [-0.15, -0.1) is 0 Å². The number of aliphatic hydroxyl groups excluding tert-OH is 1. The highest BCUT2D eigenvalue weighted by Crippen LogP contribution is 2.31. The molecule has 0 radical (unpaired) electrons. The van der Waals surface area contributed by atoms with E-state index in [2.05, 4.69) is 10.3 Å². The second kappa shape index (κ2) is 9.15. The Morgan fingerprint density at radius 1 is 1.23 bits per heavy atom. The normalized spacial score (nSPS) is 22.8. The molecule has 1 aliphatic carbocycles. The van der Waals surface area contributed by atoms with Gasteiger partial charge in [0.15, 0.2) is 5.76 Å². The predicted molar refractivity (Wildman–Crippen MR) is 86.7 cm³/mol. The first kappa shape index (κ1) is 21.4. The number of carboxylic acids is 3. The van der Waals surface area contributed by atoms with E-state index in [1.807, 2.05) is 0 Å². The van der Waals surface area contributed by atoms with E-state index in [1.165, 1.54) is 7.11 Å². The first-order valence-electron chi connectivity index (χ1n) is 7.69. The van der Waals surface area contributed by atoms with E-state index in [1.54, 1.807) is 0 Å². The summed E-state index contributed by atoms with van der Waals surface area (Å²) in [6, 6.07) is -1.28. The lowest BCUT2D eigenvalue weighted by molar-refractivity contribution is -0.141. The molecule has 0 fully saturated rings. The van der Waals surface area contributed by atoms with Crippen molar-refractivity contribution in [2.24, 2.45) is 4.99 Å². The first-order chi connectivity index (χ1) is 12.1. The van der Waals surface area contributed by atoms with Crippen LogP contribution in [0.15, 0.2) is 16.4 Å². The molecule has 0 saturated carbocycles. The van der Waals surface area contributed by atoms with Crippen LogP contribution in [0.2, 0.25) is 0 Å². The van der Waals surface area contributed by atoms with Crippen LogP contribution in [0.3, 0.4) is 0 Å². The van der Waals surface area contributed by atoms with Gasteiger partial charge in [-0.1, -0.05) is 0 Å². The quantitative estimate of drug-likeness (QED) is 0.271. The van der Waals surface area contributed by atoms with Crippen molar-refractivity contribution in [3.63, 3.8) is 0 Å². The number of methoxy groups -OCH3 is 1. The minimum Gasteiger partial charge on any atom is -0.493 e. The number of hydrogen-bond acceptors (Lipinski definition) is 8. The number of rotatable bonds is 10. The number of aliphatic imine (C=N–C) groups is 1. The Morgan fingerprint density at radius 3 is 2.35 bits per heavy atom. The minimum absolute atomic E-state index is 0.0579. The molecule has 11 nitrogen and oxygen atoms in total. The van der Waals surface area contributed by atoms with Crippen molar-refractivity contribution in [3.05, 3.63) is 11.5 Å². The number of nitrogens with zero attached hydrogens (tertiary/aromatic N) is 1. The Labute approximate surface area is 148 Å². The molecule has 0 aromatic heterocycles. The number of carboxylic acid groups (broad SMARTS) is 3. The van der Waals surface area contributed by atoms with Crippen molar-refractivity contribution < 1.29 is 44.7 Å². The maximum absolute atomic E-state index is 11.4. The lowest BCUT2D eigenvalue weighted by Gasteiger charge is -2.35. The Bertz CT molecular complexity index is 629. The zero-order valence-corrected chi connectivity index (χ0v) is 14.1. The van der Waals surface area contributed by atoms with Gasteiger partial charge in [-0.3, -0.25) is 14.6 Å². The summed E-state index contributed by atoms with van der Waals surface area (Å²) in [7, 11) is 1.27. The molecule has 0 spiro atoms. The van der Waals surface area contributed by atoms with Crippen molar-refractivity contribution in [1.29, 1.82) is 0 Å². The molecule has 2 unspecified atom stereocenters. The summed E-state index contributed by atoms with van der Waals surface area (Å²) in [5.41, 5.74) is -1.53. The van der Waals surface area contributed by atoms with Crippen molar-refractivity contribution in [2.75, 3.05) is 20.3 Å². The van der Waals surface area contributed by atoms with E-state index >= 15 is 0 Å². The molecule has 0 aromatic carbocycles. The summed E-state index contributed by atoms with van der Waals surface area (Å²) in [4.78, 5) is 36.6. The average molecular weight is 374 g/mol. The van der Waals surface area contributed by atoms with Crippen molar-refractivity contribution in [2.45, 2.75) is 37.3 Å². The Morgan fingerprint density at radius 2 is 1.88 bits per heavy atom. The van der Waals surface area contributed by atoms with Crippen LogP contribution < -0.4 is 5.32 Å². The van der Waals surface area contributed by atoms with Gasteiger partial charge in [0.1, 0.15) is 12.6 Å². The third-order valence-corrected chi connectivity index (χ3v) is 3.74. The van der Waals surface area contributed by atoms with Crippen LogP contribution >= 0.6 is 0 Å². The number of ether oxygens (including phenoxy) is 1. The summed E-state index contributed by atoms with van der Waals surface area (Å²) in [5, 5.41) is 49.2. The molecule has 1 aliphatic rings. The van der Waals surface area contributed by atoms with E-state index in [0.29, 0.717) is 0 Å². The molecule has 0 heterocycles. The number of carbonyl (C=O) groups is 3. The van der Waals surface area contributed by atoms with Crippen molar-refractivity contribution in [1.82, 2.24) is 5.32 Å². The van der Waals surface area contributed by atoms with Crippen LogP contribution in [0.1, 0.15) is 25.7 Å². The van der Waals surface area contributed by atoms with Crippen LogP contribution in [0.25, 0.3) is 0 Å². The summed E-state index contributed by atoms with van der Waals surface area (Å²) in [5.74, 6) is -3.63. The molecule has 6 N–H and O–H groups in total. The Hall–Kier alpha value is -2.66. The molecular weight excluding hydrogens is 352 g/mol. The van der Waals surface area contributed by atoms with Crippen LogP contribution in [-0.2, 0) is 19.1 Å². The second-order valence-electron chi connectivity index (χ2n) is 5.87. The van der Waals surface area contributed by atoms with Gasteiger partial charge in [-0.2, -0.15) is 0 Å². The van der Waals surface area contributed by atoms with Crippen LogP contribution in [-0.4, -0.2) is 81.1 Å². The zero-order valence-electron chi connectivity index (χ0n) is 14.1. The third kappa shape index (κ3) is 6.01. The molecule has 0 saturated heterocycles. The van der Waals surface area contributed by atoms with Gasteiger partial charge in [0.05, 0.1) is 30.7 Å². The SMILES string of the molecule is COC1=C(NC(CCC(=O)O)C(=O)O)CC(O)(CO)CC1=NCC(=O)O. The molecule has 11 heteroatoms. The van der Waals surface area contributed by atoms with E-state index in [4.69, 9.17) is 14.9 Å². The highest BCUT2D eigenvalue weighted by molar-refractivity contribution is 6.01. The van der Waals surface area contributed by atoms with Gasteiger partial charge >= 0.3 is 17.9 Å². The number of allylic oxidation sites excluding steroid dienone is 1. The minimum atomic E-state index is -1.68. The smallest absolute Gasteiger partial charge is 0.326 e. The highest BCUT2D eigenvalue weighted by atomic mass is 16.5. The fraction of sp³-hybridized carbons (Fsp3) is 0.600. The maximum Gasteiger partial charge on any atom is 0.326 e. The summed E-state index contributed by atoms with van der Waals surface area (Å²) in [6.45, 7) is -1.27. The van der Waals surface area contributed by atoms with Crippen molar-refractivity contribution >= 4 is 23.6 Å². The summed E-state index contributed by atoms with van der Waals surface area (Å²) in [6.07, 6.45) is -1.01. The van der Waals surface area contributed by atoms with E-state index < -0.39 is 49.1 Å². The largest absolute Gasteiger partial charge is 0.493 e. The lowest BCUT2D eigenvalue weighted by atomic mass is 9.85. The number of hydrogen-bond donors (Lipinski definition) is 6. The molecule has 0 amide bonds. The Balaban J connectivity index is 3.21. The van der Waals surface area contributed by atoms with Crippen molar-refractivity contribution in [3.8, 4) is 0 Å². The van der Waals surface area contributed by atoms with Crippen LogP contribution in [0.5, 0.6) is 0 Å². The monoisotopic (exact) mass is 374 g/mol. The number of nitrogens with one attached hydrogen (secondary N) is 1. The predicted octanol–water partition coefficient (Wildman–Crippen LogP) is -1.21. The molecule has 146 valence electrons. The fourth-order valence-electron chi connectivity index (χ4n) is 2.53. The standard InChI is InChI=1S/C15H22N2O9/c1-26-13-9(16-6-12(21)22)4-15(25,7-18)5-10(13)17-8(14(23)24)2-3-11(19)20/h8,17-18,25H,2-7H2,1H3,(H,19,20)(H,21,22)(H,23,24). The second-order valence-corrected chi connectivity index (χ2v) is 5.87. The highest BCUT2D eigenvalue weighted by Gasteiger charge is 2.39. The topological polar surface area (TPSA) is 186 Å². The van der Waals surface area contributed by atoms with Gasteiger partial charge in [0.25, 0.3) is 0 Å². The summed E-state index contributed by atoms with van der Waals surface area (Å²) >= 11 is 0. The number of aliphatic carboxylic acids is 3. The molecule has 0 bridgehead atoms. The van der Waals surface area contributed by atoms with E-state index in [9.17, 15) is 29.7 Å². The van der Waals surface area contributed by atoms with Gasteiger partial charge in [-0.25, -0.2) is 4.79 Å². The fourth-order valence-corrected chi connectivity index (χ4v) is 2.53. The third-order valence-electron chi connectivity index (χ3n) is 3.74. The average Bonchev–Trinajstić information content (AvgIpc) is 2.56. The van der Waals surface area contributed by atoms with Gasteiger partial charge in [0, 0.05) is 19.3 Å². The first-order valence-corrected chi connectivity index (χ1v) is 7.69. The van der Waals surface area contributed by atoms with Gasteiger partial charge < -0.3 is 35.6 Å². The lowest BCUT2D eigenvalue weighted by Crippen LogP contribution is -2.46. The molecule has 1 rings (SSSR count). The maximum atomic E-state index is 11.4. The van der Waals surface area contributed by atoms with Gasteiger partial charge in [0.2, 0.25) is 0 Å². The zero-order chi connectivity index (χ0) is 19.9. The molecular formula is C15H22N2O9. The van der Waals surface area contributed by atoms with Crippen LogP contribution in [0.4, 0.5) is 0 Å². The van der Waals surface area contributed by atoms with E-state index in [0.717, 1.165) is 0 Å². The van der Waals surface area contributed by atoms with Gasteiger partial charge in [-0.05, 0) is 6.42 Å². The number of aliphatic hydroxyl groups is 2. The Kier molecular flexibility index (Phi) is 7.53.